The summed E-state index contributed by atoms with van der Waals surface area (Å²) >= 11 is 0. The van der Waals surface area contributed by atoms with Gasteiger partial charge in [0.1, 0.15) is 0 Å². The zero-order valence-corrected chi connectivity index (χ0v) is 21.2. The predicted octanol–water partition coefficient (Wildman–Crippen LogP) is 7.69. The topological polar surface area (TPSA) is 12.5 Å². The van der Waals surface area contributed by atoms with Crippen LogP contribution in [0.15, 0.2) is 18.2 Å². The molecule has 2 nitrogen and oxygen atoms in total. The first-order valence-corrected chi connectivity index (χ1v) is 12.5. The first kappa shape index (κ1) is 23.1. The molecule has 0 aromatic heterocycles. The molecule has 32 heavy (non-hydrogen) atoms. The molecule has 0 spiro atoms. The average Bonchev–Trinajstić information content (AvgIpc) is 3.33. The molecule has 0 N–H and O–H groups in total. The lowest BCUT2D eigenvalue weighted by Crippen LogP contribution is -2.29. The molecule has 0 fully saturated rings. The van der Waals surface area contributed by atoms with Gasteiger partial charge in [-0.05, 0) is 70.4 Å². The quantitative estimate of drug-likeness (QED) is 0.459. The summed E-state index contributed by atoms with van der Waals surface area (Å²) in [6, 6.07) is 7.32. The van der Waals surface area contributed by atoms with Gasteiger partial charge in [0.25, 0.3) is 0 Å². The Hall–Kier alpha value is -2.03. The Balaban J connectivity index is 1.64. The Morgan fingerprint density at radius 2 is 1.56 bits per heavy atom. The SMILES string of the molecule is CC(C)c1cc(C(C)C)c2c(c1)N(C)C(CC(C)c1cc(C(C)C)c3c(c1F)OCC3)C2. The van der Waals surface area contributed by atoms with Crippen molar-refractivity contribution in [3.8, 4) is 5.75 Å². The van der Waals surface area contributed by atoms with Gasteiger partial charge < -0.3 is 9.64 Å². The van der Waals surface area contributed by atoms with Gasteiger partial charge in [0.05, 0.1) is 6.61 Å². The number of nitrogens with zero attached hydrogens (tertiary/aromatic N) is 1. The normalized spacial score (nSPS) is 18.5. The molecule has 3 heteroatoms. The molecular weight excluding hydrogens is 397 g/mol. The van der Waals surface area contributed by atoms with Crippen molar-refractivity contribution < 1.29 is 9.13 Å². The molecule has 2 aliphatic heterocycles. The molecular formula is C29H40FNO. The maximum atomic E-state index is 15.5. The fourth-order valence-electron chi connectivity index (χ4n) is 5.68. The highest BCUT2D eigenvalue weighted by Gasteiger charge is 2.33. The summed E-state index contributed by atoms with van der Waals surface area (Å²) in [6.07, 6.45) is 2.81. The molecule has 0 saturated carbocycles. The monoisotopic (exact) mass is 437 g/mol. The lowest BCUT2D eigenvalue weighted by molar-refractivity contribution is 0.336. The maximum Gasteiger partial charge on any atom is 0.168 e. The Morgan fingerprint density at radius 1 is 0.906 bits per heavy atom. The van der Waals surface area contributed by atoms with Crippen molar-refractivity contribution in [1.29, 1.82) is 0 Å². The summed E-state index contributed by atoms with van der Waals surface area (Å²) in [4.78, 5) is 2.45. The number of rotatable bonds is 6. The Kier molecular flexibility index (Phi) is 6.31. The van der Waals surface area contributed by atoms with E-state index in [9.17, 15) is 0 Å². The Morgan fingerprint density at radius 3 is 2.19 bits per heavy atom. The van der Waals surface area contributed by atoms with Crippen LogP contribution in [0.4, 0.5) is 10.1 Å². The minimum Gasteiger partial charge on any atom is -0.490 e. The van der Waals surface area contributed by atoms with Gasteiger partial charge in [-0.15, -0.1) is 0 Å². The van der Waals surface area contributed by atoms with Crippen LogP contribution in [-0.4, -0.2) is 19.7 Å². The second kappa shape index (κ2) is 8.72. The number of halogens is 1. The summed E-state index contributed by atoms with van der Waals surface area (Å²) in [7, 11) is 2.22. The average molecular weight is 438 g/mol. The van der Waals surface area contributed by atoms with E-state index in [-0.39, 0.29) is 11.7 Å². The molecule has 174 valence electrons. The number of ether oxygens (including phenoxy) is 1. The second-order valence-corrected chi connectivity index (χ2v) is 11.0. The van der Waals surface area contributed by atoms with E-state index in [2.05, 4.69) is 78.6 Å². The molecule has 2 atom stereocenters. The summed E-state index contributed by atoms with van der Waals surface area (Å²) in [6.45, 7) is 16.3. The van der Waals surface area contributed by atoms with Crippen molar-refractivity contribution in [3.63, 3.8) is 0 Å². The number of anilines is 1. The van der Waals surface area contributed by atoms with Crippen molar-refractivity contribution in [1.82, 2.24) is 0 Å². The fraction of sp³-hybridized carbons (Fsp3) is 0.586. The number of fused-ring (bicyclic) bond motifs is 2. The highest BCUT2D eigenvalue weighted by atomic mass is 19.1. The fourth-order valence-corrected chi connectivity index (χ4v) is 5.68. The van der Waals surface area contributed by atoms with Gasteiger partial charge in [0.2, 0.25) is 0 Å². The number of hydrogen-bond donors (Lipinski definition) is 0. The third-order valence-corrected chi connectivity index (χ3v) is 7.70. The summed E-state index contributed by atoms with van der Waals surface area (Å²) in [5.74, 6) is 1.92. The summed E-state index contributed by atoms with van der Waals surface area (Å²) < 4.78 is 21.2. The van der Waals surface area contributed by atoms with E-state index in [0.29, 0.717) is 36.2 Å². The zero-order chi connectivity index (χ0) is 23.3. The molecule has 2 aromatic carbocycles. The van der Waals surface area contributed by atoms with Crippen molar-refractivity contribution in [2.75, 3.05) is 18.6 Å². The molecule has 0 saturated heterocycles. The van der Waals surface area contributed by atoms with Gasteiger partial charge in [-0.25, -0.2) is 4.39 Å². The molecule has 2 aliphatic rings. The van der Waals surface area contributed by atoms with Gasteiger partial charge in [-0.3, -0.25) is 0 Å². The molecule has 0 amide bonds. The van der Waals surface area contributed by atoms with E-state index in [4.69, 9.17) is 4.74 Å². The molecule has 2 aromatic rings. The van der Waals surface area contributed by atoms with E-state index in [1.54, 1.807) is 0 Å². The molecule has 4 rings (SSSR count). The van der Waals surface area contributed by atoms with Crippen LogP contribution in [0.3, 0.4) is 0 Å². The van der Waals surface area contributed by atoms with Crippen LogP contribution in [0.1, 0.15) is 112 Å². The largest absolute Gasteiger partial charge is 0.490 e. The van der Waals surface area contributed by atoms with Gasteiger partial charge in [0.15, 0.2) is 11.6 Å². The van der Waals surface area contributed by atoms with Gasteiger partial charge in [0, 0.05) is 30.8 Å². The standard InChI is InChI=1S/C29H40FNO/c1-16(2)20-12-23(17(3)4)26-14-21(31(8)27(26)13-20)11-19(7)25-15-24(18(5)6)22-9-10-32-29(22)28(25)30/h12-13,15-19,21H,9-11,14H2,1-8H3. The molecule has 2 unspecified atom stereocenters. The lowest BCUT2D eigenvalue weighted by atomic mass is 9.85. The minimum atomic E-state index is -0.127. The maximum absolute atomic E-state index is 15.5. The first-order chi connectivity index (χ1) is 15.1. The molecule has 0 radical (unpaired) electrons. The summed E-state index contributed by atoms with van der Waals surface area (Å²) in [5.41, 5.74) is 8.92. The smallest absolute Gasteiger partial charge is 0.168 e. The highest BCUT2D eigenvalue weighted by molar-refractivity contribution is 5.64. The molecule has 0 bridgehead atoms. The van der Waals surface area contributed by atoms with Gasteiger partial charge >= 0.3 is 0 Å². The van der Waals surface area contributed by atoms with Crippen LogP contribution < -0.4 is 9.64 Å². The van der Waals surface area contributed by atoms with E-state index < -0.39 is 0 Å². The van der Waals surface area contributed by atoms with Crippen molar-refractivity contribution >= 4 is 5.69 Å². The lowest BCUT2D eigenvalue weighted by Gasteiger charge is -2.27. The second-order valence-electron chi connectivity index (χ2n) is 11.0. The van der Waals surface area contributed by atoms with E-state index in [1.807, 2.05) is 0 Å². The van der Waals surface area contributed by atoms with E-state index >= 15 is 4.39 Å². The molecule has 0 aliphatic carbocycles. The predicted molar refractivity (Wildman–Crippen MR) is 133 cm³/mol. The van der Waals surface area contributed by atoms with Gasteiger partial charge in [-0.2, -0.15) is 0 Å². The minimum absolute atomic E-state index is 0.127. The Bertz CT molecular complexity index is 1010. The van der Waals surface area contributed by atoms with Crippen LogP contribution in [0.5, 0.6) is 5.75 Å². The van der Waals surface area contributed by atoms with Crippen LogP contribution in [-0.2, 0) is 12.8 Å². The van der Waals surface area contributed by atoms with E-state index in [0.717, 1.165) is 30.4 Å². The third kappa shape index (κ3) is 3.93. The third-order valence-electron chi connectivity index (χ3n) is 7.70. The number of benzene rings is 2. The van der Waals surface area contributed by atoms with Crippen LogP contribution in [0.25, 0.3) is 0 Å². The first-order valence-electron chi connectivity index (χ1n) is 12.5. The van der Waals surface area contributed by atoms with Crippen molar-refractivity contribution in [2.45, 2.75) is 97.4 Å². The van der Waals surface area contributed by atoms with Crippen molar-refractivity contribution in [3.05, 3.63) is 57.4 Å². The van der Waals surface area contributed by atoms with Gasteiger partial charge in [-0.1, -0.05) is 60.6 Å². The summed E-state index contributed by atoms with van der Waals surface area (Å²) in [5, 5.41) is 0. The Labute approximate surface area is 194 Å². The van der Waals surface area contributed by atoms with Crippen LogP contribution >= 0.6 is 0 Å². The zero-order valence-electron chi connectivity index (χ0n) is 21.2. The van der Waals surface area contributed by atoms with Crippen LogP contribution in [0.2, 0.25) is 0 Å². The molecule has 2 heterocycles. The van der Waals surface area contributed by atoms with E-state index in [1.165, 1.54) is 27.9 Å². The van der Waals surface area contributed by atoms with Crippen molar-refractivity contribution in [2.24, 2.45) is 0 Å². The van der Waals surface area contributed by atoms with Crippen LogP contribution in [0, 0.1) is 5.82 Å². The number of likely N-dealkylation sites (N-methyl/N-ethyl adjacent to an activating group) is 1. The highest BCUT2D eigenvalue weighted by Crippen LogP contribution is 2.44. The number of hydrogen-bond acceptors (Lipinski definition) is 2.